The van der Waals surface area contributed by atoms with E-state index in [1.807, 2.05) is 0 Å². The largest absolute Gasteiger partial charge is 0.416 e. The van der Waals surface area contributed by atoms with Gasteiger partial charge in [-0.05, 0) is 36.6 Å². The number of hydrogen-bond acceptors (Lipinski definition) is 0. The predicted molar refractivity (Wildman–Crippen MR) is 50.2 cm³/mol. The third kappa shape index (κ3) is 2.41. The normalized spacial score (nSPS) is 12.2. The summed E-state index contributed by atoms with van der Waals surface area (Å²) in [6.07, 6.45) is -4.33. The summed E-state index contributed by atoms with van der Waals surface area (Å²) in [5.74, 6) is -0.259. The highest BCUT2D eigenvalue weighted by molar-refractivity contribution is 6.31. The van der Waals surface area contributed by atoms with Crippen LogP contribution in [-0.4, -0.2) is 0 Å². The first-order chi connectivity index (χ1) is 6.32. The minimum Gasteiger partial charge on any atom is -0.166 e. The smallest absolute Gasteiger partial charge is 0.166 e. The Morgan fingerprint density at radius 1 is 1.36 bits per heavy atom. The Balaban J connectivity index is 3.20. The van der Waals surface area contributed by atoms with E-state index in [9.17, 15) is 13.2 Å². The lowest BCUT2D eigenvalue weighted by Crippen LogP contribution is -2.06. The van der Waals surface area contributed by atoms with Crippen molar-refractivity contribution in [2.24, 2.45) is 0 Å². The van der Waals surface area contributed by atoms with Gasteiger partial charge in [-0.25, -0.2) is 0 Å². The first-order valence-corrected chi connectivity index (χ1v) is 4.40. The first kappa shape index (κ1) is 11.4. The molecular weight excluding hydrogens is 213 g/mol. The molecule has 0 bridgehead atoms. The molecule has 1 radical (unpaired) electrons. The minimum atomic E-state index is -4.33. The summed E-state index contributed by atoms with van der Waals surface area (Å²) in [6.45, 7) is 5.34. The molecule has 1 unspecified atom stereocenters. The second-order valence-corrected chi connectivity index (χ2v) is 3.54. The van der Waals surface area contributed by atoms with Crippen LogP contribution in [0.2, 0.25) is 5.02 Å². The highest BCUT2D eigenvalue weighted by Crippen LogP contribution is 2.33. The Bertz CT molecular complexity index is 329. The third-order valence-electron chi connectivity index (χ3n) is 1.85. The van der Waals surface area contributed by atoms with Gasteiger partial charge in [-0.15, -0.1) is 0 Å². The fraction of sp³-hybridized carbons (Fsp3) is 0.300. The lowest BCUT2D eigenvalue weighted by Gasteiger charge is -2.12. The van der Waals surface area contributed by atoms with Crippen LogP contribution in [0.4, 0.5) is 13.2 Å². The Kier molecular flexibility index (Phi) is 3.10. The molecule has 0 saturated carbocycles. The second-order valence-electron chi connectivity index (χ2n) is 3.14. The molecule has 0 aliphatic rings. The van der Waals surface area contributed by atoms with E-state index in [4.69, 9.17) is 11.6 Å². The third-order valence-corrected chi connectivity index (χ3v) is 2.20. The number of halogens is 4. The molecule has 0 amide bonds. The van der Waals surface area contributed by atoms with E-state index < -0.39 is 11.7 Å². The van der Waals surface area contributed by atoms with Gasteiger partial charge in [0, 0.05) is 5.02 Å². The maximum atomic E-state index is 12.3. The number of benzene rings is 1. The summed E-state index contributed by atoms with van der Waals surface area (Å²) in [4.78, 5) is 0. The van der Waals surface area contributed by atoms with E-state index in [2.05, 4.69) is 6.92 Å². The maximum Gasteiger partial charge on any atom is 0.416 e. The van der Waals surface area contributed by atoms with E-state index in [1.54, 1.807) is 6.92 Å². The molecule has 77 valence electrons. The fourth-order valence-corrected chi connectivity index (χ4v) is 1.40. The van der Waals surface area contributed by atoms with Crippen LogP contribution in [0.1, 0.15) is 24.0 Å². The molecule has 4 heteroatoms. The Labute approximate surface area is 85.7 Å². The van der Waals surface area contributed by atoms with Gasteiger partial charge in [-0.1, -0.05) is 18.5 Å². The second kappa shape index (κ2) is 3.81. The molecular formula is C10H9ClF3. The molecule has 0 spiro atoms. The monoisotopic (exact) mass is 221 g/mol. The van der Waals surface area contributed by atoms with Gasteiger partial charge in [-0.2, -0.15) is 13.2 Å². The molecule has 0 aliphatic heterocycles. The average Bonchev–Trinajstić information content (AvgIpc) is 2.02. The van der Waals surface area contributed by atoms with Crippen molar-refractivity contribution in [3.05, 3.63) is 41.3 Å². The van der Waals surface area contributed by atoms with E-state index in [1.165, 1.54) is 6.07 Å². The summed E-state index contributed by atoms with van der Waals surface area (Å²) in [7, 11) is 0. The Morgan fingerprint density at radius 3 is 2.36 bits per heavy atom. The Morgan fingerprint density at radius 2 is 1.93 bits per heavy atom. The highest BCUT2D eigenvalue weighted by atomic mass is 35.5. The van der Waals surface area contributed by atoms with Crippen LogP contribution in [0.5, 0.6) is 0 Å². The van der Waals surface area contributed by atoms with Crippen LogP contribution >= 0.6 is 11.6 Å². The SMILES string of the molecule is [CH2]C(C)c1cc(C(F)(F)F)ccc1Cl. The highest BCUT2D eigenvalue weighted by Gasteiger charge is 2.31. The van der Waals surface area contributed by atoms with Crippen LogP contribution in [0, 0.1) is 6.92 Å². The van der Waals surface area contributed by atoms with Crippen molar-refractivity contribution in [3.63, 3.8) is 0 Å². The summed E-state index contributed by atoms with van der Waals surface area (Å²) < 4.78 is 36.9. The number of hydrogen-bond donors (Lipinski definition) is 0. The van der Waals surface area contributed by atoms with Crippen LogP contribution in [0.15, 0.2) is 18.2 Å². The van der Waals surface area contributed by atoms with Gasteiger partial charge in [0.25, 0.3) is 0 Å². The zero-order chi connectivity index (χ0) is 10.9. The van der Waals surface area contributed by atoms with Gasteiger partial charge in [0.1, 0.15) is 0 Å². The molecule has 14 heavy (non-hydrogen) atoms. The fourth-order valence-electron chi connectivity index (χ4n) is 1.10. The van der Waals surface area contributed by atoms with Crippen molar-refractivity contribution in [3.8, 4) is 0 Å². The van der Waals surface area contributed by atoms with Gasteiger partial charge in [0.15, 0.2) is 0 Å². The van der Waals surface area contributed by atoms with Gasteiger partial charge < -0.3 is 0 Å². The lowest BCUT2D eigenvalue weighted by molar-refractivity contribution is -0.137. The zero-order valence-electron chi connectivity index (χ0n) is 7.53. The van der Waals surface area contributed by atoms with Crippen molar-refractivity contribution in [1.82, 2.24) is 0 Å². The van der Waals surface area contributed by atoms with Gasteiger partial charge >= 0.3 is 6.18 Å². The number of alkyl halides is 3. The molecule has 0 fully saturated rings. The molecule has 0 aliphatic carbocycles. The summed E-state index contributed by atoms with van der Waals surface area (Å²) in [5, 5.41) is 0.320. The minimum absolute atomic E-state index is 0.259. The molecule has 0 aromatic heterocycles. The first-order valence-electron chi connectivity index (χ1n) is 4.02. The summed E-state index contributed by atoms with van der Waals surface area (Å²) >= 11 is 5.73. The van der Waals surface area contributed by atoms with Crippen molar-refractivity contribution < 1.29 is 13.2 Å². The van der Waals surface area contributed by atoms with Crippen LogP contribution in [-0.2, 0) is 6.18 Å². The predicted octanol–water partition coefficient (Wildman–Crippen LogP) is 4.30. The Hall–Kier alpha value is -0.700. The average molecular weight is 222 g/mol. The van der Waals surface area contributed by atoms with E-state index in [-0.39, 0.29) is 5.92 Å². The van der Waals surface area contributed by atoms with Crippen molar-refractivity contribution >= 4 is 11.6 Å². The molecule has 0 saturated heterocycles. The van der Waals surface area contributed by atoms with Crippen molar-refractivity contribution in [1.29, 1.82) is 0 Å². The standard InChI is InChI=1S/C10H9ClF3/c1-6(2)8-5-7(10(12,13)14)3-4-9(8)11/h3-6H,1H2,2H3. The number of rotatable bonds is 1. The quantitative estimate of drug-likeness (QED) is 0.663. The van der Waals surface area contributed by atoms with E-state index in [0.717, 1.165) is 12.1 Å². The maximum absolute atomic E-state index is 12.3. The molecule has 1 aromatic rings. The van der Waals surface area contributed by atoms with Crippen molar-refractivity contribution in [2.75, 3.05) is 0 Å². The molecule has 0 N–H and O–H groups in total. The van der Waals surface area contributed by atoms with Crippen LogP contribution in [0.25, 0.3) is 0 Å². The summed E-state index contributed by atoms with van der Waals surface area (Å²) in [6, 6.07) is 3.26. The topological polar surface area (TPSA) is 0 Å². The molecule has 1 rings (SSSR count). The van der Waals surface area contributed by atoms with Gasteiger partial charge in [-0.3, -0.25) is 0 Å². The van der Waals surface area contributed by atoms with Crippen LogP contribution in [0.3, 0.4) is 0 Å². The van der Waals surface area contributed by atoms with Gasteiger partial charge in [0.05, 0.1) is 5.56 Å². The molecule has 0 nitrogen and oxygen atoms in total. The van der Waals surface area contributed by atoms with E-state index in [0.29, 0.717) is 10.6 Å². The summed E-state index contributed by atoms with van der Waals surface area (Å²) in [5.41, 5.74) is -0.270. The van der Waals surface area contributed by atoms with E-state index >= 15 is 0 Å². The zero-order valence-corrected chi connectivity index (χ0v) is 8.28. The lowest BCUT2D eigenvalue weighted by atomic mass is 10.0. The molecule has 1 atom stereocenters. The van der Waals surface area contributed by atoms with Gasteiger partial charge in [0.2, 0.25) is 0 Å². The van der Waals surface area contributed by atoms with Crippen LogP contribution < -0.4 is 0 Å². The molecule has 1 aromatic carbocycles. The van der Waals surface area contributed by atoms with Crippen molar-refractivity contribution in [2.45, 2.75) is 19.0 Å². The molecule has 0 heterocycles.